The van der Waals surface area contributed by atoms with Crippen molar-refractivity contribution in [1.29, 1.82) is 5.41 Å². The zero-order chi connectivity index (χ0) is 26.4. The summed E-state index contributed by atoms with van der Waals surface area (Å²) in [5.74, 6) is 1.68. The topological polar surface area (TPSA) is 56.6 Å². The molecule has 1 aromatic rings. The summed E-state index contributed by atoms with van der Waals surface area (Å²) in [5, 5.41) is 8.10. The SMILES string of the molecule is CCC(C)C(=N)N1C(C)CC1(C)C(C)=O.CCC1CCN(Sc2ccc(OC(F)(F)F)cc2)CC1. The van der Waals surface area contributed by atoms with E-state index in [0.717, 1.165) is 36.7 Å². The van der Waals surface area contributed by atoms with Crippen LogP contribution in [0.15, 0.2) is 29.2 Å². The first kappa shape index (κ1) is 29.5. The van der Waals surface area contributed by atoms with E-state index in [1.54, 1.807) is 31.0 Å². The lowest BCUT2D eigenvalue weighted by molar-refractivity contribution is -0.274. The largest absolute Gasteiger partial charge is 0.573 e. The minimum Gasteiger partial charge on any atom is -0.406 e. The highest BCUT2D eigenvalue weighted by Gasteiger charge is 2.51. The van der Waals surface area contributed by atoms with E-state index in [0.29, 0.717) is 11.9 Å². The lowest BCUT2D eigenvalue weighted by atomic mass is 9.76. The van der Waals surface area contributed by atoms with E-state index >= 15 is 0 Å². The van der Waals surface area contributed by atoms with Gasteiger partial charge in [-0.3, -0.25) is 10.2 Å². The summed E-state index contributed by atoms with van der Waals surface area (Å²) in [6.45, 7) is 14.1. The van der Waals surface area contributed by atoms with E-state index in [-0.39, 0.29) is 17.5 Å². The van der Waals surface area contributed by atoms with Crippen molar-refractivity contribution in [2.75, 3.05) is 13.1 Å². The monoisotopic (exact) mass is 515 g/mol. The number of rotatable bonds is 7. The zero-order valence-corrected chi connectivity index (χ0v) is 22.6. The molecule has 0 radical (unpaired) electrons. The molecule has 3 unspecified atom stereocenters. The van der Waals surface area contributed by atoms with Crippen molar-refractivity contribution in [3.63, 3.8) is 0 Å². The number of hydrogen-bond acceptors (Lipinski definition) is 5. The molecule has 3 atom stereocenters. The number of nitrogens with zero attached hydrogens (tertiary/aromatic N) is 2. The molecular weight excluding hydrogens is 475 g/mol. The fraction of sp³-hybridized carbons (Fsp3) is 0.692. The van der Waals surface area contributed by atoms with Crippen LogP contribution in [0.3, 0.4) is 0 Å². The molecule has 0 amide bonds. The van der Waals surface area contributed by atoms with Crippen LogP contribution in [0.1, 0.15) is 73.6 Å². The van der Waals surface area contributed by atoms with Gasteiger partial charge in [-0.15, -0.1) is 13.2 Å². The molecule has 0 saturated carbocycles. The van der Waals surface area contributed by atoms with Gasteiger partial charge in [0.05, 0.1) is 11.4 Å². The van der Waals surface area contributed by atoms with Crippen molar-refractivity contribution in [2.24, 2.45) is 11.8 Å². The number of alkyl halides is 3. The van der Waals surface area contributed by atoms with Gasteiger partial charge in [0.1, 0.15) is 5.75 Å². The Balaban J connectivity index is 0.000000258. The summed E-state index contributed by atoms with van der Waals surface area (Å²) < 4.78 is 42.3. The molecule has 0 bridgehead atoms. The lowest BCUT2D eigenvalue weighted by Gasteiger charge is -2.56. The van der Waals surface area contributed by atoms with Gasteiger partial charge in [-0.05, 0) is 88.6 Å². The first-order chi connectivity index (χ1) is 16.3. The number of ketones is 1. The molecule has 2 fully saturated rings. The van der Waals surface area contributed by atoms with Crippen LogP contribution in [0.25, 0.3) is 0 Å². The molecule has 0 aliphatic carbocycles. The van der Waals surface area contributed by atoms with Gasteiger partial charge in [-0.25, -0.2) is 4.31 Å². The molecule has 2 aliphatic heterocycles. The van der Waals surface area contributed by atoms with Gasteiger partial charge in [0.2, 0.25) is 0 Å². The van der Waals surface area contributed by atoms with E-state index in [2.05, 4.69) is 29.8 Å². The van der Waals surface area contributed by atoms with E-state index in [9.17, 15) is 18.0 Å². The zero-order valence-electron chi connectivity index (χ0n) is 21.7. The standard InChI is InChI=1S/C14H18F3NOS.C12H22N2O/c1-2-11-7-9-18(10-8-11)20-13-5-3-12(4-6-13)19-14(15,16)17;1-6-8(2)11(13)14-9(3)7-12(14,5)10(4)15/h3-6,11H,2,7-10H2,1H3;8-9,13H,6-7H2,1-5H3. The highest BCUT2D eigenvalue weighted by atomic mass is 32.2. The van der Waals surface area contributed by atoms with E-state index in [1.807, 2.05) is 18.7 Å². The molecule has 1 aromatic carbocycles. The van der Waals surface area contributed by atoms with Crippen LogP contribution in [0.5, 0.6) is 5.75 Å². The Labute approximate surface area is 212 Å². The lowest BCUT2D eigenvalue weighted by Crippen LogP contribution is -2.69. The second kappa shape index (κ2) is 12.5. The van der Waals surface area contributed by atoms with E-state index in [4.69, 9.17) is 5.41 Å². The number of amidine groups is 1. The molecule has 1 N–H and O–H groups in total. The van der Waals surface area contributed by atoms with Gasteiger partial charge < -0.3 is 9.64 Å². The van der Waals surface area contributed by atoms with Crippen LogP contribution in [0, 0.1) is 17.2 Å². The van der Waals surface area contributed by atoms with Crippen LogP contribution < -0.4 is 4.74 Å². The maximum absolute atomic E-state index is 12.0. The summed E-state index contributed by atoms with van der Waals surface area (Å²) in [5.41, 5.74) is -0.417. The second-order valence-electron chi connectivity index (χ2n) is 9.84. The van der Waals surface area contributed by atoms with Gasteiger partial charge in [0.25, 0.3) is 0 Å². The third-order valence-electron chi connectivity index (χ3n) is 7.21. The molecule has 0 spiro atoms. The normalized spacial score (nSPS) is 24.1. The predicted octanol–water partition coefficient (Wildman–Crippen LogP) is 7.17. The van der Waals surface area contributed by atoms with Crippen LogP contribution in [0.2, 0.25) is 0 Å². The van der Waals surface area contributed by atoms with Crippen LogP contribution in [-0.2, 0) is 4.79 Å². The number of carbonyl (C=O) groups is 1. The molecular formula is C26H40F3N3O2S. The van der Waals surface area contributed by atoms with E-state index < -0.39 is 11.9 Å². The number of piperidine rings is 1. The first-order valence-electron chi connectivity index (χ1n) is 12.5. The molecule has 2 aliphatic rings. The van der Waals surface area contributed by atoms with Crippen LogP contribution in [0.4, 0.5) is 13.2 Å². The number of nitrogens with one attached hydrogen (secondary N) is 1. The van der Waals surface area contributed by atoms with Crippen molar-refractivity contribution >= 4 is 23.6 Å². The number of benzene rings is 1. The maximum Gasteiger partial charge on any atom is 0.573 e. The number of carbonyl (C=O) groups excluding carboxylic acids is 1. The Morgan fingerprint density at radius 1 is 1.23 bits per heavy atom. The Morgan fingerprint density at radius 2 is 1.80 bits per heavy atom. The fourth-order valence-corrected chi connectivity index (χ4v) is 5.60. The number of likely N-dealkylation sites (tertiary alicyclic amines) is 1. The van der Waals surface area contributed by atoms with Gasteiger partial charge >= 0.3 is 6.36 Å². The smallest absolute Gasteiger partial charge is 0.406 e. The van der Waals surface area contributed by atoms with Gasteiger partial charge in [-0.2, -0.15) is 0 Å². The fourth-order valence-electron chi connectivity index (χ4n) is 4.65. The van der Waals surface area contributed by atoms with Gasteiger partial charge in [0, 0.05) is 29.9 Å². The summed E-state index contributed by atoms with van der Waals surface area (Å²) in [6.07, 6.45) is 0.813. The third kappa shape index (κ3) is 8.13. The minimum absolute atomic E-state index is 0.174. The second-order valence-corrected chi connectivity index (χ2v) is 11.0. The average molecular weight is 516 g/mol. The molecule has 2 saturated heterocycles. The van der Waals surface area contributed by atoms with Crippen LogP contribution in [-0.4, -0.2) is 51.9 Å². The molecule has 9 heteroatoms. The molecule has 35 heavy (non-hydrogen) atoms. The number of ether oxygens (including phenoxy) is 1. The quantitative estimate of drug-likeness (QED) is 0.237. The van der Waals surface area contributed by atoms with Crippen molar-refractivity contribution in [2.45, 2.75) is 96.5 Å². The predicted molar refractivity (Wildman–Crippen MR) is 136 cm³/mol. The summed E-state index contributed by atoms with van der Waals surface area (Å²) >= 11 is 1.60. The third-order valence-corrected chi connectivity index (χ3v) is 8.31. The highest BCUT2D eigenvalue weighted by Crippen LogP contribution is 2.38. The average Bonchev–Trinajstić information content (AvgIpc) is 2.79. The molecule has 5 nitrogen and oxygen atoms in total. The number of hydrogen-bond donors (Lipinski definition) is 1. The summed E-state index contributed by atoms with van der Waals surface area (Å²) in [7, 11) is 0. The molecule has 2 heterocycles. The van der Waals surface area contributed by atoms with Crippen LogP contribution >= 0.6 is 11.9 Å². The Morgan fingerprint density at radius 3 is 2.23 bits per heavy atom. The Bertz CT molecular complexity index is 841. The van der Waals surface area contributed by atoms with E-state index in [1.165, 1.54) is 31.4 Å². The van der Waals surface area contributed by atoms with Gasteiger partial charge in [-0.1, -0.05) is 27.2 Å². The number of halogens is 3. The maximum atomic E-state index is 12.0. The van der Waals surface area contributed by atoms with Crippen molar-refractivity contribution in [1.82, 2.24) is 9.21 Å². The minimum atomic E-state index is -4.63. The molecule has 0 aromatic heterocycles. The molecule has 3 rings (SSSR count). The Kier molecular flexibility index (Phi) is 10.5. The first-order valence-corrected chi connectivity index (χ1v) is 13.3. The Hall–Kier alpha value is -1.74. The van der Waals surface area contributed by atoms with Crippen molar-refractivity contribution < 1.29 is 22.7 Å². The number of Topliss-reactive ketones (excluding diaryl/α,β-unsaturated/α-hetero) is 1. The molecule has 198 valence electrons. The highest BCUT2D eigenvalue weighted by molar-refractivity contribution is 7.97. The summed E-state index contributed by atoms with van der Waals surface area (Å²) in [4.78, 5) is 14.5. The van der Waals surface area contributed by atoms with Gasteiger partial charge in [0.15, 0.2) is 5.78 Å². The van der Waals surface area contributed by atoms with Crippen molar-refractivity contribution in [3.8, 4) is 5.75 Å². The summed E-state index contributed by atoms with van der Waals surface area (Å²) in [6, 6.07) is 6.37. The van der Waals surface area contributed by atoms with Crippen molar-refractivity contribution in [3.05, 3.63) is 24.3 Å².